The number of pyridine rings is 1. The topological polar surface area (TPSA) is 131 Å². The van der Waals surface area contributed by atoms with Gasteiger partial charge >= 0.3 is 5.69 Å². The summed E-state index contributed by atoms with van der Waals surface area (Å²) in [5, 5.41) is 18.1. The maximum atomic E-state index is 15.2. The lowest BCUT2D eigenvalue weighted by molar-refractivity contribution is 0.183. The van der Waals surface area contributed by atoms with Crippen LogP contribution in [0, 0.1) is 17.1 Å². The van der Waals surface area contributed by atoms with Crippen molar-refractivity contribution in [1.82, 2.24) is 29.5 Å². The Labute approximate surface area is 229 Å². The van der Waals surface area contributed by atoms with Gasteiger partial charge in [-0.3, -0.25) is 0 Å². The summed E-state index contributed by atoms with van der Waals surface area (Å²) >= 11 is 0. The van der Waals surface area contributed by atoms with E-state index in [9.17, 15) is 10.1 Å². The molecule has 0 saturated carbocycles. The molecule has 2 aliphatic rings. The molecule has 6 rings (SSSR count). The second-order valence-corrected chi connectivity index (χ2v) is 10.2. The highest BCUT2D eigenvalue weighted by Gasteiger charge is 2.25. The molecule has 0 N–H and O–H groups in total. The van der Waals surface area contributed by atoms with Gasteiger partial charge in [-0.05, 0) is 35.3 Å². The maximum Gasteiger partial charge on any atom is 0.350 e. The van der Waals surface area contributed by atoms with Gasteiger partial charge in [0.2, 0.25) is 5.89 Å². The molecular weight excluding hydrogens is 517 g/mol. The Morgan fingerprint density at radius 3 is 2.60 bits per heavy atom. The summed E-state index contributed by atoms with van der Waals surface area (Å²) in [4.78, 5) is 26.0. The van der Waals surface area contributed by atoms with Crippen molar-refractivity contribution in [3.8, 4) is 22.9 Å². The second kappa shape index (κ2) is 10.5. The van der Waals surface area contributed by atoms with Crippen molar-refractivity contribution in [2.45, 2.75) is 32.2 Å². The molecule has 5 heterocycles. The van der Waals surface area contributed by atoms with E-state index in [0.717, 1.165) is 0 Å². The Kier molecular flexibility index (Phi) is 6.77. The number of hydrogen-bond acceptors (Lipinski definition) is 10. The number of halogens is 1. The first kappa shape index (κ1) is 25.7. The molecule has 0 radical (unpaired) electrons. The van der Waals surface area contributed by atoms with Crippen molar-refractivity contribution in [3.05, 3.63) is 64.5 Å². The smallest absolute Gasteiger partial charge is 0.350 e. The molecule has 40 heavy (non-hydrogen) atoms. The zero-order valence-corrected chi connectivity index (χ0v) is 22.2. The van der Waals surface area contributed by atoms with Crippen LogP contribution < -0.4 is 15.5 Å². The molecule has 0 bridgehead atoms. The van der Waals surface area contributed by atoms with Crippen LogP contribution >= 0.6 is 0 Å². The summed E-state index contributed by atoms with van der Waals surface area (Å²) in [6, 6.07) is 8.37. The SMILES string of the molecule is CC(C)c1nc(N2CCN(c3ncc(-c4ccc(-n5cnn(C6CCOC6)c5=O)c(F)c4)cc3C#N)CC2)no1. The van der Waals surface area contributed by atoms with E-state index in [1.807, 2.05) is 23.6 Å². The van der Waals surface area contributed by atoms with Gasteiger partial charge in [0, 0.05) is 50.5 Å². The molecule has 2 fully saturated rings. The van der Waals surface area contributed by atoms with Gasteiger partial charge in [-0.1, -0.05) is 19.9 Å². The van der Waals surface area contributed by atoms with Gasteiger partial charge in [0.1, 0.15) is 24.0 Å². The van der Waals surface area contributed by atoms with E-state index in [1.54, 1.807) is 18.3 Å². The van der Waals surface area contributed by atoms with Crippen LogP contribution in [0.1, 0.15) is 43.7 Å². The number of nitriles is 1. The minimum absolute atomic E-state index is 0.101. The molecule has 2 aliphatic heterocycles. The van der Waals surface area contributed by atoms with Gasteiger partial charge in [0.25, 0.3) is 5.95 Å². The van der Waals surface area contributed by atoms with Crippen molar-refractivity contribution in [2.75, 3.05) is 49.2 Å². The highest BCUT2D eigenvalue weighted by Crippen LogP contribution is 2.28. The van der Waals surface area contributed by atoms with Crippen LogP contribution in [0.5, 0.6) is 0 Å². The highest BCUT2D eigenvalue weighted by molar-refractivity contribution is 5.69. The quantitative estimate of drug-likeness (QED) is 0.356. The second-order valence-electron chi connectivity index (χ2n) is 10.2. The summed E-state index contributed by atoms with van der Waals surface area (Å²) in [6.45, 7) is 7.55. The molecule has 12 nitrogen and oxygen atoms in total. The number of hydrogen-bond donors (Lipinski definition) is 0. The predicted octanol–water partition coefficient (Wildman–Crippen LogP) is 2.90. The number of aromatic nitrogens is 6. The summed E-state index contributed by atoms with van der Waals surface area (Å²) in [5.74, 6) is 1.33. The number of rotatable bonds is 6. The van der Waals surface area contributed by atoms with E-state index in [4.69, 9.17) is 9.26 Å². The van der Waals surface area contributed by atoms with Gasteiger partial charge in [-0.25, -0.2) is 23.4 Å². The molecule has 0 amide bonds. The summed E-state index contributed by atoms with van der Waals surface area (Å²) in [5.41, 5.74) is 1.23. The average Bonchev–Trinajstić information content (AvgIpc) is 3.74. The van der Waals surface area contributed by atoms with Crippen molar-refractivity contribution in [1.29, 1.82) is 5.26 Å². The van der Waals surface area contributed by atoms with Gasteiger partial charge in [0.15, 0.2) is 0 Å². The third kappa shape index (κ3) is 4.71. The summed E-state index contributed by atoms with van der Waals surface area (Å²) < 4.78 is 28.4. The van der Waals surface area contributed by atoms with Crippen LogP contribution in [0.4, 0.5) is 16.2 Å². The molecule has 13 heteroatoms. The Balaban J connectivity index is 1.19. The number of anilines is 2. The van der Waals surface area contributed by atoms with Crippen LogP contribution in [0.2, 0.25) is 0 Å². The van der Waals surface area contributed by atoms with E-state index in [0.29, 0.717) is 80.2 Å². The molecule has 1 unspecified atom stereocenters. The van der Waals surface area contributed by atoms with E-state index in [2.05, 4.69) is 26.3 Å². The number of benzene rings is 1. The molecule has 0 aliphatic carbocycles. The summed E-state index contributed by atoms with van der Waals surface area (Å²) in [6.07, 6.45) is 3.65. The molecule has 3 aromatic heterocycles. The molecule has 4 aromatic rings. The standard InChI is InChI=1S/C27H28FN9O3/c1-17(2)25-32-26(33-40-25)35-8-6-34(7-9-35)24-19(13-29)11-20(14-30-24)18-3-4-23(22(28)12-18)36-16-31-37(27(36)38)21-5-10-39-15-21/h3-4,11-12,14,16-17,21H,5-10,15H2,1-2H3. The Morgan fingerprint density at radius 2 is 1.93 bits per heavy atom. The number of piperazine rings is 1. The summed E-state index contributed by atoms with van der Waals surface area (Å²) in [7, 11) is 0. The first-order chi connectivity index (χ1) is 19.4. The zero-order valence-electron chi connectivity index (χ0n) is 22.2. The lowest BCUT2D eigenvalue weighted by Crippen LogP contribution is -2.47. The van der Waals surface area contributed by atoms with Crippen LogP contribution in [0.3, 0.4) is 0 Å². The van der Waals surface area contributed by atoms with E-state index in [-0.39, 0.29) is 17.6 Å². The number of nitrogens with zero attached hydrogens (tertiary/aromatic N) is 9. The van der Waals surface area contributed by atoms with Crippen LogP contribution in [-0.4, -0.2) is 68.9 Å². The number of ether oxygens (including phenoxy) is 1. The van der Waals surface area contributed by atoms with Crippen molar-refractivity contribution < 1.29 is 13.7 Å². The first-order valence-corrected chi connectivity index (χ1v) is 13.2. The normalized spacial score (nSPS) is 17.5. The van der Waals surface area contributed by atoms with Crippen LogP contribution in [0.15, 0.2) is 46.1 Å². The fourth-order valence-corrected chi connectivity index (χ4v) is 4.99. The molecule has 1 atom stereocenters. The third-order valence-electron chi connectivity index (χ3n) is 7.26. The molecule has 1 aromatic carbocycles. The van der Waals surface area contributed by atoms with E-state index in [1.165, 1.54) is 27.7 Å². The molecule has 0 spiro atoms. The minimum Gasteiger partial charge on any atom is -0.379 e. The van der Waals surface area contributed by atoms with Crippen LogP contribution in [-0.2, 0) is 4.74 Å². The molecule has 206 valence electrons. The Hall–Kier alpha value is -4.57. The van der Waals surface area contributed by atoms with E-state index >= 15 is 4.39 Å². The molecule has 2 saturated heterocycles. The van der Waals surface area contributed by atoms with Crippen LogP contribution in [0.25, 0.3) is 16.8 Å². The zero-order chi connectivity index (χ0) is 27.8. The lowest BCUT2D eigenvalue weighted by atomic mass is 10.0. The van der Waals surface area contributed by atoms with E-state index < -0.39 is 11.5 Å². The van der Waals surface area contributed by atoms with Crippen molar-refractivity contribution >= 4 is 11.8 Å². The van der Waals surface area contributed by atoms with Gasteiger partial charge in [-0.2, -0.15) is 15.3 Å². The minimum atomic E-state index is -0.581. The third-order valence-corrected chi connectivity index (χ3v) is 7.26. The predicted molar refractivity (Wildman–Crippen MR) is 143 cm³/mol. The highest BCUT2D eigenvalue weighted by atomic mass is 19.1. The Bertz CT molecular complexity index is 1620. The fourth-order valence-electron chi connectivity index (χ4n) is 4.99. The van der Waals surface area contributed by atoms with Gasteiger partial charge < -0.3 is 19.1 Å². The molecular formula is C27H28FN9O3. The van der Waals surface area contributed by atoms with Gasteiger partial charge in [0.05, 0.1) is 23.9 Å². The first-order valence-electron chi connectivity index (χ1n) is 13.2. The van der Waals surface area contributed by atoms with Gasteiger partial charge in [-0.15, -0.1) is 0 Å². The van der Waals surface area contributed by atoms with Crippen molar-refractivity contribution in [3.63, 3.8) is 0 Å². The average molecular weight is 546 g/mol. The largest absolute Gasteiger partial charge is 0.379 e. The Morgan fingerprint density at radius 1 is 1.12 bits per heavy atom. The maximum absolute atomic E-state index is 15.2. The van der Waals surface area contributed by atoms with Crippen molar-refractivity contribution in [2.24, 2.45) is 0 Å². The monoisotopic (exact) mass is 545 g/mol. The fraction of sp³-hybridized carbons (Fsp3) is 0.407. The lowest BCUT2D eigenvalue weighted by Gasteiger charge is -2.35.